The molecular formula is C13H18N4O4. The summed E-state index contributed by atoms with van der Waals surface area (Å²) < 4.78 is 0. The molecule has 0 aromatic carbocycles. The lowest BCUT2D eigenvalue weighted by molar-refractivity contribution is -0.130. The topological polar surface area (TPSA) is 112 Å². The molecule has 0 spiro atoms. The van der Waals surface area contributed by atoms with Gasteiger partial charge in [-0.1, -0.05) is 0 Å². The molecule has 0 bridgehead atoms. The van der Waals surface area contributed by atoms with Crippen LogP contribution in [0.2, 0.25) is 0 Å². The van der Waals surface area contributed by atoms with E-state index in [1.165, 1.54) is 23.2 Å². The highest BCUT2D eigenvalue weighted by Crippen LogP contribution is 2.01. The Morgan fingerprint density at radius 3 is 2.62 bits per heavy atom. The van der Waals surface area contributed by atoms with E-state index < -0.39 is 18.0 Å². The van der Waals surface area contributed by atoms with E-state index in [0.29, 0.717) is 5.69 Å². The highest BCUT2D eigenvalue weighted by molar-refractivity contribution is 5.87. The molecule has 1 aromatic rings. The second-order valence-corrected chi connectivity index (χ2v) is 4.62. The Morgan fingerprint density at radius 1 is 1.38 bits per heavy atom. The average Bonchev–Trinajstić information content (AvgIpc) is 2.44. The monoisotopic (exact) mass is 294 g/mol. The number of rotatable bonds is 5. The van der Waals surface area contributed by atoms with Gasteiger partial charge in [0.05, 0.1) is 17.8 Å². The van der Waals surface area contributed by atoms with E-state index in [0.717, 1.165) is 0 Å². The molecular weight excluding hydrogens is 276 g/mol. The van der Waals surface area contributed by atoms with E-state index in [-0.39, 0.29) is 18.0 Å². The number of likely N-dealkylation sites (N-methyl/N-ethyl adjacent to an activating group) is 1. The van der Waals surface area contributed by atoms with Crippen LogP contribution < -0.4 is 10.6 Å². The number of carbonyl (C=O) groups excluding carboxylic acids is 2. The Bertz CT molecular complexity index is 545. The van der Waals surface area contributed by atoms with Crippen LogP contribution in [0.25, 0.3) is 0 Å². The predicted molar refractivity (Wildman–Crippen MR) is 74.7 cm³/mol. The maximum absolute atomic E-state index is 11.6. The van der Waals surface area contributed by atoms with Crippen molar-refractivity contribution in [2.45, 2.75) is 19.5 Å². The van der Waals surface area contributed by atoms with Gasteiger partial charge in [-0.3, -0.25) is 9.78 Å². The number of nitrogens with zero attached hydrogens (tertiary/aromatic N) is 2. The largest absolute Gasteiger partial charge is 0.478 e. The fraction of sp³-hybridized carbons (Fsp3) is 0.385. The molecule has 3 N–H and O–H groups in total. The highest BCUT2D eigenvalue weighted by atomic mass is 16.4. The first kappa shape index (κ1) is 16.4. The Morgan fingerprint density at radius 2 is 2.05 bits per heavy atom. The SMILES string of the molecule is CC(NC(=O)NCc1cc(C(=O)O)ccn1)C(=O)N(C)C. The summed E-state index contributed by atoms with van der Waals surface area (Å²) in [7, 11) is 3.19. The summed E-state index contributed by atoms with van der Waals surface area (Å²) in [5.74, 6) is -1.29. The van der Waals surface area contributed by atoms with Crippen molar-refractivity contribution in [3.63, 3.8) is 0 Å². The minimum atomic E-state index is -1.06. The van der Waals surface area contributed by atoms with Crippen LogP contribution in [0.4, 0.5) is 4.79 Å². The van der Waals surface area contributed by atoms with Gasteiger partial charge in [-0.25, -0.2) is 9.59 Å². The van der Waals surface area contributed by atoms with Crippen molar-refractivity contribution in [2.24, 2.45) is 0 Å². The van der Waals surface area contributed by atoms with Gasteiger partial charge in [0.25, 0.3) is 0 Å². The number of urea groups is 1. The molecule has 21 heavy (non-hydrogen) atoms. The van der Waals surface area contributed by atoms with Crippen molar-refractivity contribution in [1.29, 1.82) is 0 Å². The average molecular weight is 294 g/mol. The van der Waals surface area contributed by atoms with E-state index in [9.17, 15) is 14.4 Å². The van der Waals surface area contributed by atoms with E-state index in [1.807, 2.05) is 0 Å². The second-order valence-electron chi connectivity index (χ2n) is 4.62. The van der Waals surface area contributed by atoms with Crippen LogP contribution in [-0.4, -0.2) is 53.0 Å². The summed E-state index contributed by atoms with van der Waals surface area (Å²) >= 11 is 0. The van der Waals surface area contributed by atoms with Gasteiger partial charge in [-0.05, 0) is 19.1 Å². The third kappa shape index (κ3) is 5.09. The molecule has 1 heterocycles. The maximum atomic E-state index is 11.6. The van der Waals surface area contributed by atoms with Crippen molar-refractivity contribution in [3.8, 4) is 0 Å². The summed E-state index contributed by atoms with van der Waals surface area (Å²) in [5, 5.41) is 13.8. The quantitative estimate of drug-likeness (QED) is 0.710. The Kier molecular flexibility index (Phi) is 5.65. The number of aromatic carboxylic acids is 1. The minimum Gasteiger partial charge on any atom is -0.478 e. The summed E-state index contributed by atoms with van der Waals surface area (Å²) in [6, 6.07) is 1.55. The normalized spacial score (nSPS) is 11.4. The summed E-state index contributed by atoms with van der Waals surface area (Å²) in [6.45, 7) is 1.64. The van der Waals surface area contributed by atoms with Crippen LogP contribution in [-0.2, 0) is 11.3 Å². The van der Waals surface area contributed by atoms with Gasteiger partial charge in [-0.2, -0.15) is 0 Å². The van der Waals surface area contributed by atoms with Crippen LogP contribution in [0.1, 0.15) is 23.0 Å². The molecule has 1 rings (SSSR count). The lowest BCUT2D eigenvalue weighted by Gasteiger charge is -2.18. The standard InChI is InChI=1S/C13H18N4O4/c1-8(11(18)17(2)3)16-13(21)15-7-10-6-9(12(19)20)4-5-14-10/h4-6,8H,7H2,1-3H3,(H,19,20)(H2,15,16,21). The first-order valence-electron chi connectivity index (χ1n) is 6.25. The highest BCUT2D eigenvalue weighted by Gasteiger charge is 2.16. The summed E-state index contributed by atoms with van der Waals surface area (Å²) in [6.07, 6.45) is 1.36. The van der Waals surface area contributed by atoms with E-state index in [1.54, 1.807) is 21.0 Å². The smallest absolute Gasteiger partial charge is 0.335 e. The molecule has 3 amide bonds. The molecule has 114 valence electrons. The predicted octanol–water partition coefficient (Wildman–Crippen LogP) is 0.0557. The zero-order valence-electron chi connectivity index (χ0n) is 12.1. The molecule has 0 aliphatic heterocycles. The van der Waals surface area contributed by atoms with Crippen molar-refractivity contribution < 1.29 is 19.5 Å². The molecule has 0 saturated carbocycles. The minimum absolute atomic E-state index is 0.0653. The van der Waals surface area contributed by atoms with Crippen molar-refractivity contribution in [2.75, 3.05) is 14.1 Å². The van der Waals surface area contributed by atoms with Crippen LogP contribution in [0.3, 0.4) is 0 Å². The third-order valence-electron chi connectivity index (χ3n) is 2.65. The molecule has 1 atom stereocenters. The number of amides is 3. The molecule has 0 aliphatic rings. The Balaban J connectivity index is 2.52. The second kappa shape index (κ2) is 7.22. The molecule has 0 radical (unpaired) electrons. The van der Waals surface area contributed by atoms with Gasteiger partial charge in [0.15, 0.2) is 0 Å². The summed E-state index contributed by atoms with van der Waals surface area (Å²) in [4.78, 5) is 39.4. The molecule has 1 aromatic heterocycles. The van der Waals surface area contributed by atoms with E-state index in [2.05, 4.69) is 15.6 Å². The van der Waals surface area contributed by atoms with E-state index >= 15 is 0 Å². The number of hydrogen-bond donors (Lipinski definition) is 3. The van der Waals surface area contributed by atoms with Gasteiger partial charge in [0, 0.05) is 20.3 Å². The first-order valence-corrected chi connectivity index (χ1v) is 6.25. The van der Waals surface area contributed by atoms with Crippen molar-refractivity contribution in [3.05, 3.63) is 29.6 Å². The van der Waals surface area contributed by atoms with Gasteiger partial charge < -0.3 is 20.6 Å². The fourth-order valence-electron chi connectivity index (χ4n) is 1.58. The number of aromatic nitrogens is 1. The molecule has 8 nitrogen and oxygen atoms in total. The van der Waals surface area contributed by atoms with Gasteiger partial charge in [-0.15, -0.1) is 0 Å². The molecule has 0 aliphatic carbocycles. The molecule has 1 unspecified atom stereocenters. The lowest BCUT2D eigenvalue weighted by Crippen LogP contribution is -2.47. The van der Waals surface area contributed by atoms with Gasteiger partial charge in [0.1, 0.15) is 6.04 Å². The number of carboxylic acid groups (broad SMARTS) is 1. The van der Waals surface area contributed by atoms with Crippen molar-refractivity contribution >= 4 is 17.9 Å². The van der Waals surface area contributed by atoms with Gasteiger partial charge >= 0.3 is 12.0 Å². The fourth-order valence-corrected chi connectivity index (χ4v) is 1.58. The Hall–Kier alpha value is -2.64. The third-order valence-corrected chi connectivity index (χ3v) is 2.65. The molecule has 8 heteroatoms. The van der Waals surface area contributed by atoms with Crippen LogP contribution in [0.15, 0.2) is 18.3 Å². The number of carbonyl (C=O) groups is 3. The number of nitrogens with one attached hydrogen (secondary N) is 2. The van der Waals surface area contributed by atoms with E-state index in [4.69, 9.17) is 5.11 Å². The molecule has 0 saturated heterocycles. The van der Waals surface area contributed by atoms with Crippen LogP contribution in [0.5, 0.6) is 0 Å². The first-order chi connectivity index (χ1) is 9.81. The van der Waals surface area contributed by atoms with Crippen molar-refractivity contribution in [1.82, 2.24) is 20.5 Å². The van der Waals surface area contributed by atoms with Crippen LogP contribution >= 0.6 is 0 Å². The zero-order valence-corrected chi connectivity index (χ0v) is 12.1. The Labute approximate surface area is 122 Å². The number of carboxylic acids is 1. The summed E-state index contributed by atoms with van der Waals surface area (Å²) in [5.41, 5.74) is 0.509. The number of pyridine rings is 1. The zero-order chi connectivity index (χ0) is 16.0. The number of hydrogen-bond acceptors (Lipinski definition) is 4. The maximum Gasteiger partial charge on any atom is 0.335 e. The van der Waals surface area contributed by atoms with Crippen LogP contribution in [0, 0.1) is 0 Å². The van der Waals surface area contributed by atoms with Gasteiger partial charge in [0.2, 0.25) is 5.91 Å². The molecule has 0 fully saturated rings. The lowest BCUT2D eigenvalue weighted by atomic mass is 10.2.